The summed E-state index contributed by atoms with van der Waals surface area (Å²) in [6, 6.07) is 5.72. The zero-order chi connectivity index (χ0) is 12.8. The van der Waals surface area contributed by atoms with Crippen LogP contribution in [0.15, 0.2) is 18.2 Å². The van der Waals surface area contributed by atoms with Crippen LogP contribution < -0.4 is 5.32 Å². The lowest BCUT2D eigenvalue weighted by molar-refractivity contribution is -0.129. The van der Waals surface area contributed by atoms with Gasteiger partial charge in [0.05, 0.1) is 5.41 Å². The molecule has 0 saturated carbocycles. The number of rotatable bonds is 0. The number of fused-ring (bicyclic) bond motifs is 2. The standard InChI is InChI=1S/C14H15NO3/c1-9-3-2-4-10-11(9)12(16)15-13(17)14(10)5-7-18-8-6-14/h2-4H,5-8H2,1H3,(H,15,16,17). The molecule has 1 aromatic rings. The number of benzene rings is 1. The summed E-state index contributed by atoms with van der Waals surface area (Å²) in [5.74, 6) is -0.445. The summed E-state index contributed by atoms with van der Waals surface area (Å²) in [6.07, 6.45) is 1.28. The normalized spacial score (nSPS) is 21.6. The molecule has 18 heavy (non-hydrogen) atoms. The number of hydrogen-bond donors (Lipinski definition) is 1. The van der Waals surface area contributed by atoms with Gasteiger partial charge in [-0.15, -0.1) is 0 Å². The molecule has 1 spiro atoms. The molecule has 2 aliphatic rings. The summed E-state index contributed by atoms with van der Waals surface area (Å²) < 4.78 is 5.35. The third-order valence-electron chi connectivity index (χ3n) is 4.02. The minimum Gasteiger partial charge on any atom is -0.381 e. The van der Waals surface area contributed by atoms with Gasteiger partial charge in [0.25, 0.3) is 5.91 Å². The highest BCUT2D eigenvalue weighted by Gasteiger charge is 2.47. The van der Waals surface area contributed by atoms with E-state index in [1.54, 1.807) is 0 Å². The smallest absolute Gasteiger partial charge is 0.258 e. The molecular weight excluding hydrogens is 230 g/mol. The molecule has 1 fully saturated rings. The van der Waals surface area contributed by atoms with E-state index >= 15 is 0 Å². The molecule has 0 unspecified atom stereocenters. The molecule has 2 amide bonds. The van der Waals surface area contributed by atoms with Gasteiger partial charge in [0.1, 0.15) is 0 Å². The Morgan fingerprint density at radius 1 is 1.22 bits per heavy atom. The van der Waals surface area contributed by atoms with Crippen LogP contribution in [0.2, 0.25) is 0 Å². The number of ether oxygens (including phenoxy) is 1. The van der Waals surface area contributed by atoms with Crippen LogP contribution in [0.25, 0.3) is 0 Å². The number of carbonyl (C=O) groups is 2. The quantitative estimate of drug-likeness (QED) is 0.701. The molecule has 0 atom stereocenters. The van der Waals surface area contributed by atoms with Crippen molar-refractivity contribution in [3.05, 3.63) is 34.9 Å². The average Bonchev–Trinajstić information content (AvgIpc) is 2.37. The molecule has 2 aliphatic heterocycles. The van der Waals surface area contributed by atoms with Gasteiger partial charge < -0.3 is 4.74 Å². The van der Waals surface area contributed by atoms with Crippen molar-refractivity contribution >= 4 is 11.8 Å². The van der Waals surface area contributed by atoms with Gasteiger partial charge in [0.2, 0.25) is 5.91 Å². The van der Waals surface area contributed by atoms with Gasteiger partial charge in [0.15, 0.2) is 0 Å². The maximum Gasteiger partial charge on any atom is 0.258 e. The van der Waals surface area contributed by atoms with Crippen molar-refractivity contribution in [3.63, 3.8) is 0 Å². The Balaban J connectivity index is 2.22. The fourth-order valence-electron chi connectivity index (χ4n) is 2.99. The van der Waals surface area contributed by atoms with E-state index in [1.165, 1.54) is 0 Å². The number of nitrogens with one attached hydrogen (secondary N) is 1. The zero-order valence-corrected chi connectivity index (χ0v) is 10.3. The monoisotopic (exact) mass is 245 g/mol. The molecule has 1 aromatic carbocycles. The Bertz CT molecular complexity index is 530. The number of amides is 2. The summed E-state index contributed by atoms with van der Waals surface area (Å²) in [7, 11) is 0. The molecule has 4 heteroatoms. The summed E-state index contributed by atoms with van der Waals surface area (Å²) in [6.45, 7) is 3.03. The fourth-order valence-corrected chi connectivity index (χ4v) is 2.99. The van der Waals surface area contributed by atoms with Crippen molar-refractivity contribution in [2.45, 2.75) is 25.2 Å². The SMILES string of the molecule is Cc1cccc2c1C(=O)NC(=O)C21CCOCC1. The third kappa shape index (κ3) is 1.42. The van der Waals surface area contributed by atoms with E-state index in [9.17, 15) is 9.59 Å². The van der Waals surface area contributed by atoms with E-state index in [-0.39, 0.29) is 11.8 Å². The van der Waals surface area contributed by atoms with Crippen LogP contribution >= 0.6 is 0 Å². The van der Waals surface area contributed by atoms with E-state index in [0.717, 1.165) is 11.1 Å². The average molecular weight is 245 g/mol. The molecule has 0 radical (unpaired) electrons. The molecule has 1 saturated heterocycles. The predicted octanol–water partition coefficient (Wildman–Crippen LogP) is 1.31. The maximum absolute atomic E-state index is 12.3. The summed E-state index contributed by atoms with van der Waals surface area (Å²) in [5, 5.41) is 2.50. The van der Waals surface area contributed by atoms with Crippen LogP contribution in [0.4, 0.5) is 0 Å². The minimum atomic E-state index is -0.576. The molecule has 0 bridgehead atoms. The molecule has 0 aromatic heterocycles. The topological polar surface area (TPSA) is 55.4 Å². The van der Waals surface area contributed by atoms with Crippen molar-refractivity contribution < 1.29 is 14.3 Å². The van der Waals surface area contributed by atoms with Gasteiger partial charge in [-0.3, -0.25) is 14.9 Å². The second kappa shape index (κ2) is 3.92. The summed E-state index contributed by atoms with van der Waals surface area (Å²) in [4.78, 5) is 24.2. The highest BCUT2D eigenvalue weighted by Crippen LogP contribution is 2.40. The van der Waals surface area contributed by atoms with E-state index in [0.29, 0.717) is 31.6 Å². The molecule has 1 N–H and O–H groups in total. The van der Waals surface area contributed by atoms with Crippen molar-refractivity contribution in [2.75, 3.05) is 13.2 Å². The fraction of sp³-hybridized carbons (Fsp3) is 0.429. The minimum absolute atomic E-state index is 0.172. The van der Waals surface area contributed by atoms with Crippen molar-refractivity contribution in [2.24, 2.45) is 0 Å². The zero-order valence-electron chi connectivity index (χ0n) is 10.3. The van der Waals surface area contributed by atoms with Gasteiger partial charge >= 0.3 is 0 Å². The van der Waals surface area contributed by atoms with E-state index < -0.39 is 5.41 Å². The van der Waals surface area contributed by atoms with Crippen LogP contribution in [-0.4, -0.2) is 25.0 Å². The lowest BCUT2D eigenvalue weighted by Crippen LogP contribution is -2.54. The Hall–Kier alpha value is -1.68. The number of carbonyl (C=O) groups excluding carboxylic acids is 2. The lowest BCUT2D eigenvalue weighted by Gasteiger charge is -2.40. The summed E-state index contributed by atoms with van der Waals surface area (Å²) in [5.41, 5.74) is 1.88. The van der Waals surface area contributed by atoms with Crippen molar-refractivity contribution in [1.82, 2.24) is 5.32 Å². The predicted molar refractivity (Wildman–Crippen MR) is 65.4 cm³/mol. The first kappa shape index (κ1) is 11.4. The lowest BCUT2D eigenvalue weighted by atomic mass is 9.69. The number of hydrogen-bond acceptors (Lipinski definition) is 3. The molecule has 4 nitrogen and oxygen atoms in total. The van der Waals surface area contributed by atoms with Gasteiger partial charge in [-0.1, -0.05) is 18.2 Å². The van der Waals surface area contributed by atoms with E-state index in [1.807, 2.05) is 25.1 Å². The Labute approximate surface area is 105 Å². The van der Waals surface area contributed by atoms with Crippen molar-refractivity contribution in [1.29, 1.82) is 0 Å². The maximum atomic E-state index is 12.3. The van der Waals surface area contributed by atoms with Gasteiger partial charge in [-0.2, -0.15) is 0 Å². The Morgan fingerprint density at radius 2 is 1.94 bits per heavy atom. The van der Waals surface area contributed by atoms with Crippen LogP contribution in [0, 0.1) is 6.92 Å². The number of aryl methyl sites for hydroxylation is 1. The first-order valence-corrected chi connectivity index (χ1v) is 6.19. The molecule has 94 valence electrons. The van der Waals surface area contributed by atoms with Crippen LogP contribution in [0.1, 0.15) is 34.3 Å². The van der Waals surface area contributed by atoms with Crippen molar-refractivity contribution in [3.8, 4) is 0 Å². The van der Waals surface area contributed by atoms with Gasteiger partial charge in [-0.05, 0) is 30.9 Å². The first-order chi connectivity index (χ1) is 8.65. The molecule has 0 aliphatic carbocycles. The van der Waals surface area contributed by atoms with E-state index in [4.69, 9.17) is 4.74 Å². The molecular formula is C14H15NO3. The van der Waals surface area contributed by atoms with E-state index in [2.05, 4.69) is 5.32 Å². The van der Waals surface area contributed by atoms with Crippen LogP contribution in [-0.2, 0) is 14.9 Å². The highest BCUT2D eigenvalue weighted by atomic mass is 16.5. The van der Waals surface area contributed by atoms with Gasteiger partial charge in [-0.25, -0.2) is 0 Å². The largest absolute Gasteiger partial charge is 0.381 e. The highest BCUT2D eigenvalue weighted by molar-refractivity contribution is 6.13. The third-order valence-corrected chi connectivity index (χ3v) is 4.02. The first-order valence-electron chi connectivity index (χ1n) is 6.19. The van der Waals surface area contributed by atoms with Crippen LogP contribution in [0.5, 0.6) is 0 Å². The van der Waals surface area contributed by atoms with Gasteiger partial charge in [0, 0.05) is 18.8 Å². The van der Waals surface area contributed by atoms with Crippen LogP contribution in [0.3, 0.4) is 0 Å². The summed E-state index contributed by atoms with van der Waals surface area (Å²) >= 11 is 0. The Morgan fingerprint density at radius 3 is 2.67 bits per heavy atom. The number of imide groups is 1. The second-order valence-electron chi connectivity index (χ2n) is 4.98. The second-order valence-corrected chi connectivity index (χ2v) is 4.98. The molecule has 2 heterocycles. The Kier molecular flexibility index (Phi) is 2.48. The molecule has 3 rings (SSSR count).